The van der Waals surface area contributed by atoms with Gasteiger partial charge in [-0.2, -0.15) is 0 Å². The number of amides is 1. The number of aliphatic carboxylic acids is 1. The van der Waals surface area contributed by atoms with Crippen molar-refractivity contribution in [2.75, 3.05) is 0 Å². The van der Waals surface area contributed by atoms with Crippen molar-refractivity contribution in [3.05, 3.63) is 130 Å². The molecular formula is C32H25Cl2NO4. The van der Waals surface area contributed by atoms with Gasteiger partial charge < -0.3 is 14.4 Å². The molecule has 7 heteroatoms. The number of carboxylic acid groups (broad SMARTS) is 1. The number of benzene rings is 4. The molecule has 1 atom stereocenters. The first-order chi connectivity index (χ1) is 18.9. The van der Waals surface area contributed by atoms with Crippen LogP contribution in [0.3, 0.4) is 0 Å². The molecular weight excluding hydrogens is 533 g/mol. The second-order valence-corrected chi connectivity index (χ2v) is 10.2. The van der Waals surface area contributed by atoms with Crippen LogP contribution in [0.15, 0.2) is 108 Å². The van der Waals surface area contributed by atoms with E-state index in [4.69, 9.17) is 27.6 Å². The number of furan rings is 1. The van der Waals surface area contributed by atoms with Gasteiger partial charge in [0.05, 0.1) is 6.42 Å². The van der Waals surface area contributed by atoms with Crippen molar-refractivity contribution in [1.29, 1.82) is 0 Å². The third kappa shape index (κ3) is 6.33. The lowest BCUT2D eigenvalue weighted by atomic mass is 10.0. The van der Waals surface area contributed by atoms with Gasteiger partial charge in [-0.05, 0) is 47.0 Å². The van der Waals surface area contributed by atoms with Gasteiger partial charge in [-0.25, -0.2) is 4.79 Å². The maximum absolute atomic E-state index is 13.7. The van der Waals surface area contributed by atoms with E-state index in [0.717, 1.165) is 27.7 Å². The van der Waals surface area contributed by atoms with Crippen molar-refractivity contribution in [1.82, 2.24) is 4.90 Å². The van der Waals surface area contributed by atoms with Crippen LogP contribution in [-0.4, -0.2) is 27.9 Å². The minimum absolute atomic E-state index is 0.0577. The van der Waals surface area contributed by atoms with Gasteiger partial charge in [0.25, 0.3) is 0 Å². The van der Waals surface area contributed by atoms with Gasteiger partial charge in [-0.3, -0.25) is 4.79 Å². The number of carboxylic acids is 1. The molecule has 1 aromatic heterocycles. The molecule has 4 aromatic carbocycles. The van der Waals surface area contributed by atoms with E-state index in [2.05, 4.69) is 0 Å². The zero-order chi connectivity index (χ0) is 27.4. The van der Waals surface area contributed by atoms with Crippen LogP contribution in [0.1, 0.15) is 16.7 Å². The molecule has 1 heterocycles. The predicted molar refractivity (Wildman–Crippen MR) is 154 cm³/mol. The fourth-order valence-electron chi connectivity index (χ4n) is 4.61. The molecule has 0 spiro atoms. The smallest absolute Gasteiger partial charge is 0.326 e. The second kappa shape index (κ2) is 11.8. The maximum atomic E-state index is 13.7. The van der Waals surface area contributed by atoms with Crippen LogP contribution >= 0.6 is 23.2 Å². The largest absolute Gasteiger partial charge is 0.480 e. The molecule has 39 heavy (non-hydrogen) atoms. The molecule has 0 aliphatic rings. The SMILES string of the molecule is O=C(O)[C@H](Cc1ccccc1)N(Cc1cccc(-c2cc3ccccc3o2)c1)C(=O)Cc1ccc(Cl)cc1Cl. The Morgan fingerprint density at radius 2 is 1.56 bits per heavy atom. The highest BCUT2D eigenvalue weighted by Crippen LogP contribution is 2.29. The Hall–Kier alpha value is -4.06. The topological polar surface area (TPSA) is 70.8 Å². The summed E-state index contributed by atoms with van der Waals surface area (Å²) in [5.74, 6) is -0.734. The van der Waals surface area contributed by atoms with Gasteiger partial charge in [0.15, 0.2) is 0 Å². The van der Waals surface area contributed by atoms with Gasteiger partial charge >= 0.3 is 5.97 Å². The van der Waals surface area contributed by atoms with Crippen LogP contribution in [0.25, 0.3) is 22.3 Å². The Labute approximate surface area is 236 Å². The van der Waals surface area contributed by atoms with Gasteiger partial charge in [-0.15, -0.1) is 0 Å². The highest BCUT2D eigenvalue weighted by atomic mass is 35.5. The van der Waals surface area contributed by atoms with Crippen LogP contribution in [-0.2, 0) is 29.0 Å². The van der Waals surface area contributed by atoms with E-state index in [1.807, 2.05) is 84.9 Å². The number of hydrogen-bond donors (Lipinski definition) is 1. The zero-order valence-electron chi connectivity index (χ0n) is 20.9. The molecule has 196 valence electrons. The molecule has 1 N–H and O–H groups in total. The van der Waals surface area contributed by atoms with Crippen molar-refractivity contribution in [3.63, 3.8) is 0 Å². The molecule has 5 nitrogen and oxygen atoms in total. The summed E-state index contributed by atoms with van der Waals surface area (Å²) in [6.45, 7) is 0.0991. The maximum Gasteiger partial charge on any atom is 0.326 e. The lowest BCUT2D eigenvalue weighted by Gasteiger charge is -2.30. The van der Waals surface area contributed by atoms with Crippen molar-refractivity contribution >= 4 is 46.0 Å². The van der Waals surface area contributed by atoms with E-state index in [0.29, 0.717) is 21.4 Å². The summed E-state index contributed by atoms with van der Waals surface area (Å²) in [5.41, 5.74) is 3.80. The van der Waals surface area contributed by atoms with Gasteiger partial charge in [0, 0.05) is 34.0 Å². The third-order valence-corrected chi connectivity index (χ3v) is 7.19. The highest BCUT2D eigenvalue weighted by Gasteiger charge is 2.30. The average molecular weight is 558 g/mol. The molecule has 0 unspecified atom stereocenters. The first kappa shape index (κ1) is 26.5. The summed E-state index contributed by atoms with van der Waals surface area (Å²) in [6, 6.07) is 30.5. The standard InChI is InChI=1S/C32H25Cl2NO4/c33-26-14-13-23(27(34)19-26)18-31(36)35(28(32(37)38)16-21-7-2-1-3-8-21)20-22-9-6-11-24(15-22)30-17-25-10-4-5-12-29(25)39-30/h1-15,17,19,28H,16,18,20H2,(H,37,38)/t28-/m0/s1. The van der Waals surface area contributed by atoms with Gasteiger partial charge in [0.1, 0.15) is 17.4 Å². The Morgan fingerprint density at radius 3 is 2.31 bits per heavy atom. The predicted octanol–water partition coefficient (Wildman–Crippen LogP) is 7.67. The Morgan fingerprint density at radius 1 is 0.821 bits per heavy atom. The monoisotopic (exact) mass is 557 g/mol. The van der Waals surface area contributed by atoms with Crippen molar-refractivity contribution in [2.24, 2.45) is 0 Å². The Balaban J connectivity index is 1.48. The van der Waals surface area contributed by atoms with E-state index in [9.17, 15) is 14.7 Å². The van der Waals surface area contributed by atoms with E-state index in [-0.39, 0.29) is 25.3 Å². The first-order valence-corrected chi connectivity index (χ1v) is 13.2. The zero-order valence-corrected chi connectivity index (χ0v) is 22.4. The fraction of sp³-hybridized carbons (Fsp3) is 0.125. The summed E-state index contributed by atoms with van der Waals surface area (Å²) in [7, 11) is 0. The van der Waals surface area contributed by atoms with Crippen molar-refractivity contribution < 1.29 is 19.1 Å². The molecule has 0 radical (unpaired) electrons. The van der Waals surface area contributed by atoms with Crippen molar-refractivity contribution in [2.45, 2.75) is 25.4 Å². The Kier molecular flexibility index (Phi) is 8.01. The number of carbonyl (C=O) groups is 2. The molecule has 0 saturated carbocycles. The molecule has 0 fully saturated rings. The lowest BCUT2D eigenvalue weighted by molar-refractivity contribution is -0.150. The summed E-state index contributed by atoms with van der Waals surface area (Å²) < 4.78 is 6.03. The van der Waals surface area contributed by atoms with E-state index in [1.165, 1.54) is 4.90 Å². The molecule has 5 rings (SSSR count). The summed E-state index contributed by atoms with van der Waals surface area (Å²) in [6.07, 6.45) is 0.108. The molecule has 0 saturated heterocycles. The molecule has 0 aliphatic carbocycles. The summed E-state index contributed by atoms with van der Waals surface area (Å²) in [4.78, 5) is 27.7. The molecule has 5 aromatic rings. The normalized spacial score (nSPS) is 11.8. The average Bonchev–Trinajstić information content (AvgIpc) is 3.37. The summed E-state index contributed by atoms with van der Waals surface area (Å²) in [5, 5.41) is 12.1. The Bertz CT molecular complexity index is 1600. The van der Waals surface area contributed by atoms with Crippen LogP contribution in [0.2, 0.25) is 10.0 Å². The molecule has 0 aliphatic heterocycles. The van der Waals surface area contributed by atoms with Gasteiger partial charge in [-0.1, -0.05) is 96.0 Å². The van der Waals surface area contributed by atoms with E-state index < -0.39 is 12.0 Å². The third-order valence-electron chi connectivity index (χ3n) is 6.60. The van der Waals surface area contributed by atoms with Crippen LogP contribution < -0.4 is 0 Å². The highest BCUT2D eigenvalue weighted by molar-refractivity contribution is 6.35. The minimum Gasteiger partial charge on any atom is -0.480 e. The van der Waals surface area contributed by atoms with E-state index in [1.54, 1.807) is 18.2 Å². The quantitative estimate of drug-likeness (QED) is 0.202. The number of para-hydroxylation sites is 1. The molecule has 0 bridgehead atoms. The van der Waals surface area contributed by atoms with Gasteiger partial charge in [0.2, 0.25) is 5.91 Å². The first-order valence-electron chi connectivity index (χ1n) is 12.5. The van der Waals surface area contributed by atoms with E-state index >= 15 is 0 Å². The number of nitrogens with zero attached hydrogens (tertiary/aromatic N) is 1. The van der Waals surface area contributed by atoms with Crippen LogP contribution in [0.4, 0.5) is 0 Å². The number of fused-ring (bicyclic) bond motifs is 1. The second-order valence-electron chi connectivity index (χ2n) is 9.33. The molecule has 1 amide bonds. The van der Waals surface area contributed by atoms with Crippen LogP contribution in [0.5, 0.6) is 0 Å². The fourth-order valence-corrected chi connectivity index (χ4v) is 5.09. The van der Waals surface area contributed by atoms with Crippen LogP contribution in [0, 0.1) is 0 Å². The number of hydrogen-bond acceptors (Lipinski definition) is 3. The number of halogens is 2. The number of rotatable bonds is 9. The lowest BCUT2D eigenvalue weighted by Crippen LogP contribution is -2.46. The summed E-state index contributed by atoms with van der Waals surface area (Å²) >= 11 is 12.4. The number of carbonyl (C=O) groups excluding carboxylic acids is 1. The van der Waals surface area contributed by atoms with Crippen molar-refractivity contribution in [3.8, 4) is 11.3 Å². The minimum atomic E-state index is -1.08.